The Hall–Kier alpha value is -2.33. The predicted molar refractivity (Wildman–Crippen MR) is 103 cm³/mol. The Balaban J connectivity index is 2.31. The van der Waals surface area contributed by atoms with Crippen LogP contribution in [0.1, 0.15) is 13.3 Å². The maximum absolute atomic E-state index is 12.6. The standard InChI is InChI=1S/C17H26N4O5S/c1-17(15(22)23)8-9-21(11-17)16(24)18-13-10-12(27(25,26)20(4)5)6-7-14(13)19(2)3/h6-7,10H,8-9,11H2,1-5H3,(H,18,24)(H,22,23). The number of amides is 2. The molecule has 2 N–H and O–H groups in total. The highest BCUT2D eigenvalue weighted by atomic mass is 32.2. The van der Waals surface area contributed by atoms with E-state index >= 15 is 0 Å². The van der Waals surface area contributed by atoms with Crippen LogP contribution in [0.5, 0.6) is 0 Å². The molecule has 1 aromatic carbocycles. The molecule has 27 heavy (non-hydrogen) atoms. The quantitative estimate of drug-likeness (QED) is 0.774. The molecule has 1 atom stereocenters. The molecule has 150 valence electrons. The predicted octanol–water partition coefficient (Wildman–Crippen LogP) is 1.33. The number of hydrogen-bond acceptors (Lipinski definition) is 5. The van der Waals surface area contributed by atoms with E-state index < -0.39 is 27.4 Å². The van der Waals surface area contributed by atoms with Gasteiger partial charge in [0.15, 0.2) is 0 Å². The lowest BCUT2D eigenvalue weighted by Crippen LogP contribution is -2.37. The SMILES string of the molecule is CN(C)c1ccc(S(=O)(=O)N(C)C)cc1NC(=O)N1CCC(C)(C(=O)O)C1. The summed E-state index contributed by atoms with van der Waals surface area (Å²) < 4.78 is 25.9. The Bertz CT molecular complexity index is 853. The van der Waals surface area contributed by atoms with Crippen LogP contribution >= 0.6 is 0 Å². The molecule has 10 heteroatoms. The van der Waals surface area contributed by atoms with Gasteiger partial charge in [0.05, 0.1) is 21.7 Å². The van der Waals surface area contributed by atoms with Crippen LogP contribution < -0.4 is 10.2 Å². The average Bonchev–Trinajstić information content (AvgIpc) is 2.98. The number of urea groups is 1. The van der Waals surface area contributed by atoms with Gasteiger partial charge in [0.2, 0.25) is 10.0 Å². The number of carbonyl (C=O) groups is 2. The minimum atomic E-state index is -3.65. The molecule has 9 nitrogen and oxygen atoms in total. The van der Waals surface area contributed by atoms with Gasteiger partial charge in [0, 0.05) is 41.3 Å². The fourth-order valence-electron chi connectivity index (χ4n) is 2.88. The van der Waals surface area contributed by atoms with Crippen molar-refractivity contribution in [1.82, 2.24) is 9.21 Å². The Morgan fingerprint density at radius 1 is 1.22 bits per heavy atom. The zero-order chi connectivity index (χ0) is 20.6. The van der Waals surface area contributed by atoms with Crippen LogP contribution in [0.15, 0.2) is 23.1 Å². The second-order valence-electron chi connectivity index (χ2n) is 7.33. The van der Waals surface area contributed by atoms with E-state index in [1.54, 1.807) is 32.0 Å². The highest BCUT2D eigenvalue weighted by Gasteiger charge is 2.42. The molecular formula is C17H26N4O5S. The maximum atomic E-state index is 12.6. The molecular weight excluding hydrogens is 372 g/mol. The molecule has 0 aromatic heterocycles. The van der Waals surface area contributed by atoms with Crippen molar-refractivity contribution in [2.24, 2.45) is 5.41 Å². The zero-order valence-corrected chi connectivity index (χ0v) is 17.0. The Labute approximate surface area is 159 Å². The Morgan fingerprint density at radius 3 is 2.33 bits per heavy atom. The summed E-state index contributed by atoms with van der Waals surface area (Å²) in [5.41, 5.74) is 0.00998. The molecule has 0 bridgehead atoms. The van der Waals surface area contributed by atoms with E-state index in [-0.39, 0.29) is 11.4 Å². The number of hydrogen-bond donors (Lipinski definition) is 2. The molecule has 0 spiro atoms. The van der Waals surface area contributed by atoms with E-state index in [2.05, 4.69) is 5.32 Å². The minimum Gasteiger partial charge on any atom is -0.481 e. The number of rotatable bonds is 5. The van der Waals surface area contributed by atoms with Gasteiger partial charge in [-0.25, -0.2) is 17.5 Å². The number of carbonyl (C=O) groups excluding carboxylic acids is 1. The van der Waals surface area contributed by atoms with Gasteiger partial charge in [-0.15, -0.1) is 0 Å². The first-order valence-electron chi connectivity index (χ1n) is 8.42. The lowest BCUT2D eigenvalue weighted by atomic mass is 9.90. The molecule has 2 rings (SSSR count). The molecule has 1 aromatic rings. The number of nitrogens with one attached hydrogen (secondary N) is 1. The van der Waals surface area contributed by atoms with E-state index in [1.807, 2.05) is 0 Å². The summed E-state index contributed by atoms with van der Waals surface area (Å²) >= 11 is 0. The van der Waals surface area contributed by atoms with Crippen molar-refractivity contribution in [3.8, 4) is 0 Å². The van der Waals surface area contributed by atoms with Crippen molar-refractivity contribution in [3.05, 3.63) is 18.2 Å². The molecule has 1 fully saturated rings. The molecule has 1 unspecified atom stereocenters. The summed E-state index contributed by atoms with van der Waals surface area (Å²) in [5.74, 6) is -0.939. The van der Waals surface area contributed by atoms with E-state index in [0.717, 1.165) is 4.31 Å². The van der Waals surface area contributed by atoms with Crippen molar-refractivity contribution >= 4 is 33.4 Å². The van der Waals surface area contributed by atoms with Crippen molar-refractivity contribution in [1.29, 1.82) is 0 Å². The number of nitrogens with zero attached hydrogens (tertiary/aromatic N) is 3. The van der Waals surface area contributed by atoms with Gasteiger partial charge in [-0.1, -0.05) is 0 Å². The molecule has 0 aliphatic carbocycles. The number of likely N-dealkylation sites (tertiary alicyclic amines) is 1. The van der Waals surface area contributed by atoms with Gasteiger partial charge >= 0.3 is 12.0 Å². The van der Waals surface area contributed by atoms with Gasteiger partial charge in [-0.2, -0.15) is 0 Å². The first kappa shape index (κ1) is 21.0. The monoisotopic (exact) mass is 398 g/mol. The number of anilines is 2. The molecule has 2 amide bonds. The van der Waals surface area contributed by atoms with Gasteiger partial charge in [-0.05, 0) is 31.5 Å². The fraction of sp³-hybridized carbons (Fsp3) is 0.529. The second-order valence-corrected chi connectivity index (χ2v) is 9.48. The lowest BCUT2D eigenvalue weighted by Gasteiger charge is -2.23. The second kappa shape index (κ2) is 7.35. The van der Waals surface area contributed by atoms with E-state index in [0.29, 0.717) is 24.3 Å². The Morgan fingerprint density at radius 2 is 1.85 bits per heavy atom. The van der Waals surface area contributed by atoms with Crippen molar-refractivity contribution in [2.45, 2.75) is 18.2 Å². The number of benzene rings is 1. The number of carboxylic acid groups (broad SMARTS) is 1. The topological polar surface area (TPSA) is 110 Å². The fourth-order valence-corrected chi connectivity index (χ4v) is 3.81. The molecule has 0 saturated carbocycles. The van der Waals surface area contributed by atoms with E-state index in [9.17, 15) is 23.1 Å². The van der Waals surface area contributed by atoms with Gasteiger partial charge < -0.3 is 20.2 Å². The summed E-state index contributed by atoms with van der Waals surface area (Å²) in [6.45, 7) is 2.03. The third-order valence-corrected chi connectivity index (χ3v) is 6.56. The molecule has 1 aliphatic rings. The average molecular weight is 398 g/mol. The maximum Gasteiger partial charge on any atom is 0.321 e. The normalized spacial score (nSPS) is 20.0. The van der Waals surface area contributed by atoms with Crippen LogP contribution in [0, 0.1) is 5.41 Å². The zero-order valence-electron chi connectivity index (χ0n) is 16.2. The Kier molecular flexibility index (Phi) is 5.71. The smallest absolute Gasteiger partial charge is 0.321 e. The van der Waals surface area contributed by atoms with Crippen LogP contribution in [-0.2, 0) is 14.8 Å². The highest BCUT2D eigenvalue weighted by Crippen LogP contribution is 2.32. The number of carboxylic acids is 1. The van der Waals surface area contributed by atoms with Gasteiger partial charge in [-0.3, -0.25) is 4.79 Å². The first-order valence-corrected chi connectivity index (χ1v) is 9.86. The van der Waals surface area contributed by atoms with Crippen LogP contribution in [0.2, 0.25) is 0 Å². The lowest BCUT2D eigenvalue weighted by molar-refractivity contribution is -0.146. The number of aliphatic carboxylic acids is 1. The third-order valence-electron chi connectivity index (χ3n) is 4.75. The summed E-state index contributed by atoms with van der Waals surface area (Å²) in [4.78, 5) is 27.3. The van der Waals surface area contributed by atoms with Crippen LogP contribution in [0.3, 0.4) is 0 Å². The van der Waals surface area contributed by atoms with E-state index in [1.165, 1.54) is 31.1 Å². The molecule has 1 heterocycles. The van der Waals surface area contributed by atoms with Crippen LogP contribution in [-0.4, -0.2) is 76.0 Å². The largest absolute Gasteiger partial charge is 0.481 e. The third kappa shape index (κ3) is 4.16. The van der Waals surface area contributed by atoms with Crippen molar-refractivity contribution in [2.75, 3.05) is 51.5 Å². The summed E-state index contributed by atoms with van der Waals surface area (Å²) in [6.07, 6.45) is 0.366. The summed E-state index contributed by atoms with van der Waals surface area (Å²) in [7, 11) is 2.78. The van der Waals surface area contributed by atoms with Crippen LogP contribution in [0.4, 0.5) is 16.2 Å². The van der Waals surface area contributed by atoms with E-state index in [4.69, 9.17) is 0 Å². The number of sulfonamides is 1. The first-order chi connectivity index (χ1) is 12.4. The summed E-state index contributed by atoms with van der Waals surface area (Å²) in [5, 5.41) is 12.1. The highest BCUT2D eigenvalue weighted by molar-refractivity contribution is 7.89. The van der Waals surface area contributed by atoms with Crippen molar-refractivity contribution in [3.63, 3.8) is 0 Å². The van der Waals surface area contributed by atoms with Gasteiger partial charge in [0.1, 0.15) is 0 Å². The van der Waals surface area contributed by atoms with Gasteiger partial charge in [0.25, 0.3) is 0 Å². The van der Waals surface area contributed by atoms with Crippen molar-refractivity contribution < 1.29 is 23.1 Å². The molecule has 0 radical (unpaired) electrons. The molecule has 1 aliphatic heterocycles. The summed E-state index contributed by atoms with van der Waals surface area (Å²) in [6, 6.07) is 4.06. The van der Waals surface area contributed by atoms with Crippen LogP contribution in [0.25, 0.3) is 0 Å². The molecule has 1 saturated heterocycles. The minimum absolute atomic E-state index is 0.0604.